The molecular formula is C13H23N3O. The van der Waals surface area contributed by atoms with Gasteiger partial charge in [-0.15, -0.1) is 0 Å². The third-order valence-electron chi connectivity index (χ3n) is 2.81. The molecule has 1 aromatic rings. The molecule has 4 nitrogen and oxygen atoms in total. The summed E-state index contributed by atoms with van der Waals surface area (Å²) >= 11 is 0. The Balaban J connectivity index is 2.44. The van der Waals surface area contributed by atoms with Crippen molar-refractivity contribution in [2.24, 2.45) is 0 Å². The second-order valence-corrected chi connectivity index (χ2v) is 4.31. The molecule has 0 spiro atoms. The Morgan fingerprint density at radius 3 is 2.94 bits per heavy atom. The fraction of sp³-hybridized carbons (Fsp3) is 0.615. The Kier molecular flexibility index (Phi) is 5.94. The molecule has 0 amide bonds. The van der Waals surface area contributed by atoms with Crippen molar-refractivity contribution in [1.82, 2.24) is 15.2 Å². The highest BCUT2D eigenvalue weighted by Gasteiger charge is 2.07. The van der Waals surface area contributed by atoms with Gasteiger partial charge in [-0.3, -0.25) is 0 Å². The van der Waals surface area contributed by atoms with Crippen molar-refractivity contribution in [3.05, 3.63) is 23.9 Å². The van der Waals surface area contributed by atoms with Crippen LogP contribution in [0.4, 0.5) is 0 Å². The quantitative estimate of drug-likeness (QED) is 0.780. The summed E-state index contributed by atoms with van der Waals surface area (Å²) in [6, 6.07) is 4.42. The van der Waals surface area contributed by atoms with Crippen molar-refractivity contribution in [2.45, 2.75) is 26.4 Å². The largest absolute Gasteiger partial charge is 0.481 e. The summed E-state index contributed by atoms with van der Waals surface area (Å²) in [5.41, 5.74) is 1.10. The van der Waals surface area contributed by atoms with Crippen LogP contribution in [-0.2, 0) is 6.54 Å². The van der Waals surface area contributed by atoms with Gasteiger partial charge in [0.05, 0.1) is 7.11 Å². The van der Waals surface area contributed by atoms with E-state index in [1.165, 1.54) is 0 Å². The predicted octanol–water partition coefficient (Wildman–Crippen LogP) is 1.52. The van der Waals surface area contributed by atoms with Crippen molar-refractivity contribution in [3.8, 4) is 5.88 Å². The molecule has 0 radical (unpaired) electrons. The smallest absolute Gasteiger partial charge is 0.217 e. The second kappa shape index (κ2) is 7.25. The number of rotatable bonds is 7. The number of nitrogens with zero attached hydrogens (tertiary/aromatic N) is 2. The Morgan fingerprint density at radius 2 is 2.29 bits per heavy atom. The zero-order valence-corrected chi connectivity index (χ0v) is 11.2. The third-order valence-corrected chi connectivity index (χ3v) is 2.81. The second-order valence-electron chi connectivity index (χ2n) is 4.31. The Morgan fingerprint density at radius 1 is 1.53 bits per heavy atom. The predicted molar refractivity (Wildman–Crippen MR) is 70.3 cm³/mol. The van der Waals surface area contributed by atoms with Crippen LogP contribution in [0.15, 0.2) is 18.3 Å². The van der Waals surface area contributed by atoms with Crippen LogP contribution in [0, 0.1) is 0 Å². The Hall–Kier alpha value is -1.13. The molecular weight excluding hydrogens is 214 g/mol. The van der Waals surface area contributed by atoms with Crippen LogP contribution in [0.1, 0.15) is 19.4 Å². The minimum absolute atomic E-state index is 0.449. The van der Waals surface area contributed by atoms with Gasteiger partial charge in [-0.2, -0.15) is 0 Å². The maximum absolute atomic E-state index is 5.22. The fourth-order valence-electron chi connectivity index (χ4n) is 1.69. The summed E-state index contributed by atoms with van der Waals surface area (Å²) in [5.74, 6) is 0.705. The molecule has 0 aromatic carbocycles. The first-order valence-corrected chi connectivity index (χ1v) is 6.07. The lowest BCUT2D eigenvalue weighted by molar-refractivity contribution is 0.308. The van der Waals surface area contributed by atoms with Gasteiger partial charge in [0.25, 0.3) is 0 Å². The first-order valence-electron chi connectivity index (χ1n) is 6.07. The van der Waals surface area contributed by atoms with Crippen LogP contribution in [-0.4, -0.2) is 43.2 Å². The highest BCUT2D eigenvalue weighted by Crippen LogP contribution is 2.12. The van der Waals surface area contributed by atoms with E-state index in [-0.39, 0.29) is 0 Å². The molecule has 0 bridgehead atoms. The molecule has 0 saturated heterocycles. The first kappa shape index (κ1) is 13.9. The molecule has 1 atom stereocenters. The molecule has 1 aromatic heterocycles. The zero-order chi connectivity index (χ0) is 12.7. The van der Waals surface area contributed by atoms with Gasteiger partial charge in [-0.1, -0.05) is 13.0 Å². The fourth-order valence-corrected chi connectivity index (χ4v) is 1.69. The first-order chi connectivity index (χ1) is 8.17. The van der Waals surface area contributed by atoms with E-state index in [4.69, 9.17) is 4.74 Å². The normalized spacial score (nSPS) is 12.8. The Bertz CT molecular complexity index is 330. The standard InChI is InChI=1S/C13H23N3O/c1-5-16(3)10-11(2)15-9-12-7-6-8-14-13(12)17-4/h6-8,11,15H,5,9-10H2,1-4H3. The highest BCUT2D eigenvalue weighted by molar-refractivity contribution is 5.25. The summed E-state index contributed by atoms with van der Waals surface area (Å²) < 4.78 is 5.22. The van der Waals surface area contributed by atoms with Gasteiger partial charge in [0.1, 0.15) is 0 Å². The van der Waals surface area contributed by atoms with Crippen LogP contribution in [0.5, 0.6) is 5.88 Å². The average Bonchev–Trinajstić information content (AvgIpc) is 2.36. The lowest BCUT2D eigenvalue weighted by atomic mass is 10.2. The molecule has 0 fully saturated rings. The van der Waals surface area contributed by atoms with Gasteiger partial charge in [-0.25, -0.2) is 4.98 Å². The summed E-state index contributed by atoms with van der Waals surface area (Å²) in [7, 11) is 3.78. The number of hydrogen-bond acceptors (Lipinski definition) is 4. The van der Waals surface area contributed by atoms with E-state index in [1.807, 2.05) is 12.1 Å². The van der Waals surface area contributed by atoms with Gasteiger partial charge >= 0.3 is 0 Å². The minimum Gasteiger partial charge on any atom is -0.481 e. The van der Waals surface area contributed by atoms with E-state index in [0.29, 0.717) is 11.9 Å². The molecule has 1 rings (SSSR count). The summed E-state index contributed by atoms with van der Waals surface area (Å²) in [4.78, 5) is 6.47. The van der Waals surface area contributed by atoms with E-state index < -0.39 is 0 Å². The molecule has 0 saturated carbocycles. The van der Waals surface area contributed by atoms with Crippen molar-refractivity contribution in [1.29, 1.82) is 0 Å². The van der Waals surface area contributed by atoms with Crippen LogP contribution >= 0.6 is 0 Å². The average molecular weight is 237 g/mol. The molecule has 4 heteroatoms. The number of aromatic nitrogens is 1. The maximum atomic E-state index is 5.22. The number of hydrogen-bond donors (Lipinski definition) is 1. The molecule has 1 unspecified atom stereocenters. The number of ether oxygens (including phenoxy) is 1. The summed E-state index contributed by atoms with van der Waals surface area (Å²) in [5, 5.41) is 3.48. The number of pyridine rings is 1. The topological polar surface area (TPSA) is 37.4 Å². The minimum atomic E-state index is 0.449. The van der Waals surface area contributed by atoms with Gasteiger partial charge in [0.15, 0.2) is 0 Å². The highest BCUT2D eigenvalue weighted by atomic mass is 16.5. The molecule has 1 heterocycles. The van der Waals surface area contributed by atoms with Gasteiger partial charge < -0.3 is 15.0 Å². The molecule has 0 aliphatic carbocycles. The van der Waals surface area contributed by atoms with Crippen molar-refractivity contribution < 1.29 is 4.74 Å². The van der Waals surface area contributed by atoms with E-state index in [1.54, 1.807) is 13.3 Å². The number of methoxy groups -OCH3 is 1. The third kappa shape index (κ3) is 4.71. The van der Waals surface area contributed by atoms with Crippen LogP contribution < -0.4 is 10.1 Å². The summed E-state index contributed by atoms with van der Waals surface area (Å²) in [6.07, 6.45) is 1.75. The van der Waals surface area contributed by atoms with E-state index in [9.17, 15) is 0 Å². The molecule has 1 N–H and O–H groups in total. The van der Waals surface area contributed by atoms with Crippen molar-refractivity contribution >= 4 is 0 Å². The lowest BCUT2D eigenvalue weighted by Crippen LogP contribution is -2.37. The van der Waals surface area contributed by atoms with Crippen LogP contribution in [0.25, 0.3) is 0 Å². The Labute approximate surface area is 104 Å². The molecule has 0 aliphatic heterocycles. The number of likely N-dealkylation sites (N-methyl/N-ethyl adjacent to an activating group) is 1. The summed E-state index contributed by atoms with van der Waals surface area (Å²) in [6.45, 7) is 7.25. The van der Waals surface area contributed by atoms with Crippen LogP contribution in [0.3, 0.4) is 0 Å². The van der Waals surface area contributed by atoms with Gasteiger partial charge in [0.2, 0.25) is 5.88 Å². The van der Waals surface area contributed by atoms with E-state index >= 15 is 0 Å². The van der Waals surface area contributed by atoms with Crippen molar-refractivity contribution in [3.63, 3.8) is 0 Å². The maximum Gasteiger partial charge on any atom is 0.217 e. The molecule has 17 heavy (non-hydrogen) atoms. The van der Waals surface area contributed by atoms with Crippen molar-refractivity contribution in [2.75, 3.05) is 27.2 Å². The van der Waals surface area contributed by atoms with Crippen LogP contribution in [0.2, 0.25) is 0 Å². The zero-order valence-electron chi connectivity index (χ0n) is 11.2. The van der Waals surface area contributed by atoms with Gasteiger partial charge in [-0.05, 0) is 26.6 Å². The lowest BCUT2D eigenvalue weighted by Gasteiger charge is -2.21. The molecule has 0 aliphatic rings. The van der Waals surface area contributed by atoms with E-state index in [0.717, 1.165) is 25.2 Å². The SMILES string of the molecule is CCN(C)CC(C)NCc1cccnc1OC. The van der Waals surface area contributed by atoms with Gasteiger partial charge in [0, 0.05) is 30.9 Å². The number of nitrogens with one attached hydrogen (secondary N) is 1. The monoisotopic (exact) mass is 237 g/mol. The molecule has 96 valence electrons. The van der Waals surface area contributed by atoms with E-state index in [2.05, 4.69) is 36.1 Å².